The van der Waals surface area contributed by atoms with Gasteiger partial charge in [0.15, 0.2) is 0 Å². The SMILES string of the molecule is N=C(N)c1ccc(COc2ccc3c(c2)CCC(C(CC(=O)O)c2ccccc2)C3)cc1. The number of aliphatic carboxylic acids is 1. The topological polar surface area (TPSA) is 96.4 Å². The molecule has 5 nitrogen and oxygen atoms in total. The van der Waals surface area contributed by atoms with Crippen LogP contribution < -0.4 is 10.5 Å². The monoisotopic (exact) mass is 428 g/mol. The van der Waals surface area contributed by atoms with Gasteiger partial charge in [0, 0.05) is 5.56 Å². The maximum absolute atomic E-state index is 11.5. The van der Waals surface area contributed by atoms with Gasteiger partial charge < -0.3 is 15.6 Å². The van der Waals surface area contributed by atoms with Gasteiger partial charge in [-0.1, -0.05) is 60.7 Å². The average molecular weight is 429 g/mol. The van der Waals surface area contributed by atoms with Crippen LogP contribution >= 0.6 is 0 Å². The zero-order valence-corrected chi connectivity index (χ0v) is 18.0. The maximum atomic E-state index is 11.5. The van der Waals surface area contributed by atoms with Crippen molar-refractivity contribution in [3.05, 3.63) is 101 Å². The van der Waals surface area contributed by atoms with Gasteiger partial charge in [-0.2, -0.15) is 0 Å². The Labute approximate surface area is 188 Å². The molecule has 0 saturated carbocycles. The third-order valence-electron chi connectivity index (χ3n) is 6.31. The normalized spacial score (nSPS) is 16.1. The lowest BCUT2D eigenvalue weighted by Gasteiger charge is -2.31. The van der Waals surface area contributed by atoms with Crippen LogP contribution in [0.5, 0.6) is 5.75 Å². The number of carbonyl (C=O) groups is 1. The maximum Gasteiger partial charge on any atom is 0.303 e. The molecule has 0 saturated heterocycles. The summed E-state index contributed by atoms with van der Waals surface area (Å²) < 4.78 is 5.99. The molecule has 2 atom stereocenters. The highest BCUT2D eigenvalue weighted by Gasteiger charge is 2.29. The number of hydrogen-bond donors (Lipinski definition) is 3. The molecule has 1 aliphatic rings. The molecule has 2 unspecified atom stereocenters. The Hall–Kier alpha value is -3.60. The molecule has 164 valence electrons. The second-order valence-corrected chi connectivity index (χ2v) is 8.45. The number of benzene rings is 3. The molecule has 0 aromatic heterocycles. The lowest BCUT2D eigenvalue weighted by Crippen LogP contribution is -2.23. The van der Waals surface area contributed by atoms with Crippen molar-refractivity contribution in [2.45, 2.75) is 38.2 Å². The van der Waals surface area contributed by atoms with E-state index >= 15 is 0 Å². The van der Waals surface area contributed by atoms with E-state index in [2.05, 4.69) is 12.1 Å². The van der Waals surface area contributed by atoms with Crippen LogP contribution in [0.3, 0.4) is 0 Å². The van der Waals surface area contributed by atoms with Gasteiger partial charge in [0.05, 0.1) is 6.42 Å². The Kier molecular flexibility index (Phi) is 6.55. The predicted octanol–water partition coefficient (Wildman–Crippen LogP) is 4.91. The quantitative estimate of drug-likeness (QED) is 0.351. The molecule has 0 fully saturated rings. The highest BCUT2D eigenvalue weighted by molar-refractivity contribution is 5.94. The molecular formula is C27H28N2O3. The molecule has 3 aromatic carbocycles. The van der Waals surface area contributed by atoms with E-state index in [9.17, 15) is 9.90 Å². The lowest BCUT2D eigenvalue weighted by molar-refractivity contribution is -0.137. The summed E-state index contributed by atoms with van der Waals surface area (Å²) in [6.07, 6.45) is 2.94. The fourth-order valence-electron chi connectivity index (χ4n) is 4.59. The first-order valence-corrected chi connectivity index (χ1v) is 10.9. The smallest absolute Gasteiger partial charge is 0.303 e. The van der Waals surface area contributed by atoms with Crippen LogP contribution in [0.25, 0.3) is 0 Å². The third kappa shape index (κ3) is 5.17. The first-order valence-electron chi connectivity index (χ1n) is 10.9. The Morgan fingerprint density at radius 2 is 1.81 bits per heavy atom. The zero-order valence-electron chi connectivity index (χ0n) is 18.0. The molecule has 1 aliphatic carbocycles. The highest BCUT2D eigenvalue weighted by Crippen LogP contribution is 2.38. The van der Waals surface area contributed by atoms with Gasteiger partial charge in [-0.05, 0) is 65.5 Å². The largest absolute Gasteiger partial charge is 0.489 e. The number of aryl methyl sites for hydroxylation is 1. The minimum Gasteiger partial charge on any atom is -0.489 e. The third-order valence-corrected chi connectivity index (χ3v) is 6.31. The molecule has 0 spiro atoms. The van der Waals surface area contributed by atoms with Crippen molar-refractivity contribution in [1.29, 1.82) is 5.41 Å². The minimum absolute atomic E-state index is 0.0238. The van der Waals surface area contributed by atoms with Gasteiger partial charge in [0.1, 0.15) is 18.2 Å². The Balaban J connectivity index is 1.43. The summed E-state index contributed by atoms with van der Waals surface area (Å²) in [5, 5.41) is 16.9. The molecular weight excluding hydrogens is 400 g/mol. The Bertz CT molecular complexity index is 1090. The van der Waals surface area contributed by atoms with Crippen molar-refractivity contribution >= 4 is 11.8 Å². The van der Waals surface area contributed by atoms with E-state index in [4.69, 9.17) is 15.9 Å². The molecule has 3 aromatic rings. The number of hydrogen-bond acceptors (Lipinski definition) is 3. The molecule has 5 heteroatoms. The average Bonchev–Trinajstić information content (AvgIpc) is 2.81. The van der Waals surface area contributed by atoms with Crippen LogP contribution in [0.15, 0.2) is 72.8 Å². The van der Waals surface area contributed by atoms with Gasteiger partial charge >= 0.3 is 5.97 Å². The van der Waals surface area contributed by atoms with E-state index in [1.54, 1.807) is 0 Å². The van der Waals surface area contributed by atoms with Gasteiger partial charge in [-0.25, -0.2) is 0 Å². The van der Waals surface area contributed by atoms with Crippen LogP contribution in [0, 0.1) is 11.3 Å². The number of carboxylic acids is 1. The summed E-state index contributed by atoms with van der Waals surface area (Å²) in [5.41, 5.74) is 10.9. The van der Waals surface area contributed by atoms with Gasteiger partial charge in [0.25, 0.3) is 0 Å². The van der Waals surface area contributed by atoms with Crippen LogP contribution in [0.4, 0.5) is 0 Å². The van der Waals surface area contributed by atoms with E-state index in [1.807, 2.05) is 60.7 Å². The summed E-state index contributed by atoms with van der Waals surface area (Å²) in [5.74, 6) is 0.486. The summed E-state index contributed by atoms with van der Waals surface area (Å²) in [4.78, 5) is 11.5. The van der Waals surface area contributed by atoms with Crippen molar-refractivity contribution < 1.29 is 14.6 Å². The fraction of sp³-hybridized carbons (Fsp3) is 0.259. The molecule has 0 bridgehead atoms. The summed E-state index contributed by atoms with van der Waals surface area (Å²) in [7, 11) is 0. The van der Waals surface area contributed by atoms with Gasteiger partial charge in [-0.3, -0.25) is 10.2 Å². The fourth-order valence-corrected chi connectivity index (χ4v) is 4.59. The summed E-state index contributed by atoms with van der Waals surface area (Å²) in [6.45, 7) is 0.453. The van der Waals surface area contributed by atoms with E-state index in [-0.39, 0.29) is 18.2 Å². The standard InChI is InChI=1S/C27H28N2O3/c28-27(29)20-8-6-18(7-9-20)17-32-24-13-12-21-14-23(11-10-22(21)15-24)25(16-26(30)31)19-4-2-1-3-5-19/h1-9,12-13,15,23,25H,10-11,14,16-17H2,(H3,28,29)(H,30,31). The van der Waals surface area contributed by atoms with E-state index in [0.717, 1.165) is 36.1 Å². The number of ether oxygens (including phenoxy) is 1. The van der Waals surface area contributed by atoms with E-state index in [1.165, 1.54) is 11.1 Å². The first-order chi connectivity index (χ1) is 15.5. The Morgan fingerprint density at radius 3 is 2.50 bits per heavy atom. The van der Waals surface area contributed by atoms with E-state index in [0.29, 0.717) is 18.1 Å². The molecule has 0 aliphatic heterocycles. The second-order valence-electron chi connectivity index (χ2n) is 8.45. The summed E-state index contributed by atoms with van der Waals surface area (Å²) in [6, 6.07) is 23.8. The van der Waals surface area contributed by atoms with Gasteiger partial charge in [0.2, 0.25) is 0 Å². The van der Waals surface area contributed by atoms with Crippen LogP contribution in [-0.2, 0) is 24.2 Å². The lowest BCUT2D eigenvalue weighted by atomic mass is 9.73. The van der Waals surface area contributed by atoms with E-state index < -0.39 is 5.97 Å². The second kappa shape index (κ2) is 9.69. The predicted molar refractivity (Wildman–Crippen MR) is 125 cm³/mol. The Morgan fingerprint density at radius 1 is 1.06 bits per heavy atom. The number of rotatable bonds is 8. The minimum atomic E-state index is -0.746. The van der Waals surface area contributed by atoms with Crippen molar-refractivity contribution in [2.24, 2.45) is 11.7 Å². The van der Waals surface area contributed by atoms with Crippen molar-refractivity contribution in [3.63, 3.8) is 0 Å². The number of nitrogens with one attached hydrogen (secondary N) is 1. The zero-order chi connectivity index (χ0) is 22.5. The number of carboxylic acid groups (broad SMARTS) is 1. The van der Waals surface area contributed by atoms with Crippen molar-refractivity contribution in [3.8, 4) is 5.75 Å². The summed E-state index contributed by atoms with van der Waals surface area (Å²) >= 11 is 0. The molecule has 32 heavy (non-hydrogen) atoms. The molecule has 0 radical (unpaired) electrons. The molecule has 4 N–H and O–H groups in total. The molecule has 0 heterocycles. The highest BCUT2D eigenvalue weighted by atomic mass is 16.5. The molecule has 4 rings (SSSR count). The number of nitrogen functional groups attached to an aromatic ring is 1. The number of nitrogens with two attached hydrogens (primary N) is 1. The number of amidine groups is 1. The van der Waals surface area contributed by atoms with Gasteiger partial charge in [-0.15, -0.1) is 0 Å². The molecule has 0 amide bonds. The number of fused-ring (bicyclic) bond motifs is 1. The van der Waals surface area contributed by atoms with Crippen LogP contribution in [-0.4, -0.2) is 16.9 Å². The van der Waals surface area contributed by atoms with Crippen LogP contribution in [0.2, 0.25) is 0 Å². The van der Waals surface area contributed by atoms with Crippen molar-refractivity contribution in [2.75, 3.05) is 0 Å². The van der Waals surface area contributed by atoms with Crippen molar-refractivity contribution in [1.82, 2.24) is 0 Å². The van der Waals surface area contributed by atoms with Crippen LogP contribution in [0.1, 0.15) is 46.6 Å². The first kappa shape index (κ1) is 21.6.